The van der Waals surface area contributed by atoms with Gasteiger partial charge in [0.2, 0.25) is 0 Å². The second-order valence-electron chi connectivity index (χ2n) is 2.82. The van der Waals surface area contributed by atoms with E-state index in [2.05, 4.69) is 10.2 Å². The van der Waals surface area contributed by atoms with Gasteiger partial charge in [0.25, 0.3) is 0 Å². The van der Waals surface area contributed by atoms with Gasteiger partial charge in [0, 0.05) is 11.9 Å². The molecule has 1 aromatic carbocycles. The standard InChI is InChI=1S/C10H11N3.ClH/c11-6-2-5-8-3-1-4-9-7-12-13-10(8)9;/h1-5,7H,6,11H2,(H,12,13);1H/b5-2+;. The van der Waals surface area contributed by atoms with Crippen LogP contribution in [0.3, 0.4) is 0 Å². The van der Waals surface area contributed by atoms with Crippen molar-refractivity contribution in [2.75, 3.05) is 6.54 Å². The topological polar surface area (TPSA) is 54.7 Å². The van der Waals surface area contributed by atoms with Gasteiger partial charge in [-0.15, -0.1) is 12.4 Å². The number of hydrogen-bond donors (Lipinski definition) is 2. The predicted octanol–water partition coefficient (Wildman–Crippen LogP) is 1.96. The fourth-order valence-corrected chi connectivity index (χ4v) is 1.33. The molecule has 14 heavy (non-hydrogen) atoms. The maximum atomic E-state index is 5.38. The molecule has 3 nitrogen and oxygen atoms in total. The third kappa shape index (κ3) is 1.95. The van der Waals surface area contributed by atoms with Crippen molar-refractivity contribution < 1.29 is 0 Å². The number of rotatable bonds is 2. The number of H-pyrrole nitrogens is 1. The van der Waals surface area contributed by atoms with Gasteiger partial charge in [-0.25, -0.2) is 0 Å². The summed E-state index contributed by atoms with van der Waals surface area (Å²) < 4.78 is 0. The molecule has 0 aliphatic heterocycles. The molecule has 0 bridgehead atoms. The molecule has 1 aromatic heterocycles. The van der Waals surface area contributed by atoms with E-state index in [-0.39, 0.29) is 12.4 Å². The number of benzene rings is 1. The van der Waals surface area contributed by atoms with Crippen molar-refractivity contribution in [2.24, 2.45) is 5.73 Å². The van der Waals surface area contributed by atoms with Gasteiger partial charge in [0.1, 0.15) is 0 Å². The van der Waals surface area contributed by atoms with Crippen molar-refractivity contribution in [1.82, 2.24) is 10.2 Å². The Balaban J connectivity index is 0.000000980. The fraction of sp³-hybridized carbons (Fsp3) is 0.100. The summed E-state index contributed by atoms with van der Waals surface area (Å²) >= 11 is 0. The maximum Gasteiger partial charge on any atom is 0.0722 e. The Morgan fingerprint density at radius 2 is 2.29 bits per heavy atom. The Hall–Kier alpha value is -1.32. The van der Waals surface area contributed by atoms with E-state index in [1.165, 1.54) is 0 Å². The van der Waals surface area contributed by atoms with Crippen LogP contribution in [-0.4, -0.2) is 16.7 Å². The van der Waals surface area contributed by atoms with Crippen LogP contribution in [0.15, 0.2) is 30.5 Å². The highest BCUT2D eigenvalue weighted by atomic mass is 35.5. The molecule has 74 valence electrons. The van der Waals surface area contributed by atoms with Crippen LogP contribution in [0.1, 0.15) is 5.56 Å². The Labute approximate surface area is 88.4 Å². The number of nitrogens with zero attached hydrogens (tertiary/aromatic N) is 1. The summed E-state index contributed by atoms with van der Waals surface area (Å²) in [6.07, 6.45) is 5.74. The first-order valence-corrected chi connectivity index (χ1v) is 4.20. The molecule has 0 spiro atoms. The zero-order valence-electron chi connectivity index (χ0n) is 7.60. The summed E-state index contributed by atoms with van der Waals surface area (Å²) in [5.74, 6) is 0. The lowest BCUT2D eigenvalue weighted by Crippen LogP contribution is -1.92. The van der Waals surface area contributed by atoms with Crippen LogP contribution in [0.2, 0.25) is 0 Å². The van der Waals surface area contributed by atoms with Gasteiger partial charge in [-0.1, -0.05) is 30.4 Å². The summed E-state index contributed by atoms with van der Waals surface area (Å²) in [6.45, 7) is 0.560. The Bertz CT molecular complexity index is 434. The number of nitrogens with one attached hydrogen (secondary N) is 1. The maximum absolute atomic E-state index is 5.38. The Morgan fingerprint density at radius 3 is 3.07 bits per heavy atom. The molecule has 0 saturated heterocycles. The zero-order chi connectivity index (χ0) is 9.10. The Morgan fingerprint density at radius 1 is 1.43 bits per heavy atom. The van der Waals surface area contributed by atoms with E-state index in [0.29, 0.717) is 6.54 Å². The van der Waals surface area contributed by atoms with Crippen LogP contribution in [0.4, 0.5) is 0 Å². The van der Waals surface area contributed by atoms with E-state index < -0.39 is 0 Å². The minimum atomic E-state index is 0. The van der Waals surface area contributed by atoms with Crippen molar-refractivity contribution >= 4 is 29.4 Å². The molecule has 0 fully saturated rings. The highest BCUT2D eigenvalue weighted by molar-refractivity contribution is 5.86. The highest BCUT2D eigenvalue weighted by Crippen LogP contribution is 2.16. The zero-order valence-corrected chi connectivity index (χ0v) is 8.42. The van der Waals surface area contributed by atoms with E-state index in [0.717, 1.165) is 16.5 Å². The van der Waals surface area contributed by atoms with Crippen molar-refractivity contribution in [3.63, 3.8) is 0 Å². The molecular formula is C10H12ClN3. The number of halogens is 1. The highest BCUT2D eigenvalue weighted by Gasteiger charge is 1.97. The van der Waals surface area contributed by atoms with E-state index in [9.17, 15) is 0 Å². The van der Waals surface area contributed by atoms with Gasteiger partial charge in [0.05, 0.1) is 11.7 Å². The van der Waals surface area contributed by atoms with Crippen molar-refractivity contribution in [2.45, 2.75) is 0 Å². The second kappa shape index (κ2) is 4.79. The van der Waals surface area contributed by atoms with Crippen LogP contribution in [-0.2, 0) is 0 Å². The number of nitrogens with two attached hydrogens (primary N) is 1. The Kier molecular flexibility index (Phi) is 3.68. The molecule has 2 rings (SSSR count). The van der Waals surface area contributed by atoms with Gasteiger partial charge in [0.15, 0.2) is 0 Å². The van der Waals surface area contributed by atoms with Crippen molar-refractivity contribution in [3.8, 4) is 0 Å². The lowest BCUT2D eigenvalue weighted by Gasteiger charge is -1.94. The quantitative estimate of drug-likeness (QED) is 0.795. The van der Waals surface area contributed by atoms with E-state index >= 15 is 0 Å². The minimum absolute atomic E-state index is 0. The first-order chi connectivity index (χ1) is 6.42. The third-order valence-corrected chi connectivity index (χ3v) is 1.94. The molecule has 0 amide bonds. The number of fused-ring (bicyclic) bond motifs is 1. The number of hydrogen-bond acceptors (Lipinski definition) is 2. The molecule has 0 radical (unpaired) electrons. The number of aromatic nitrogens is 2. The van der Waals surface area contributed by atoms with E-state index in [1.807, 2.05) is 36.5 Å². The van der Waals surface area contributed by atoms with E-state index in [1.54, 1.807) is 0 Å². The van der Waals surface area contributed by atoms with Gasteiger partial charge >= 0.3 is 0 Å². The summed E-state index contributed by atoms with van der Waals surface area (Å²) in [4.78, 5) is 0. The van der Waals surface area contributed by atoms with Crippen LogP contribution in [0.25, 0.3) is 17.0 Å². The monoisotopic (exact) mass is 209 g/mol. The minimum Gasteiger partial charge on any atom is -0.327 e. The van der Waals surface area contributed by atoms with Gasteiger partial charge in [-0.05, 0) is 5.56 Å². The van der Waals surface area contributed by atoms with Crippen LogP contribution < -0.4 is 5.73 Å². The lowest BCUT2D eigenvalue weighted by atomic mass is 10.1. The molecule has 0 aliphatic rings. The first-order valence-electron chi connectivity index (χ1n) is 4.20. The molecule has 2 aromatic rings. The first kappa shape index (κ1) is 10.8. The fourth-order valence-electron chi connectivity index (χ4n) is 1.33. The van der Waals surface area contributed by atoms with Crippen molar-refractivity contribution in [1.29, 1.82) is 0 Å². The summed E-state index contributed by atoms with van der Waals surface area (Å²) in [6, 6.07) is 6.07. The summed E-state index contributed by atoms with van der Waals surface area (Å²) in [5.41, 5.74) is 7.57. The number of aromatic amines is 1. The van der Waals surface area contributed by atoms with Crippen molar-refractivity contribution in [3.05, 3.63) is 36.0 Å². The molecule has 0 saturated carbocycles. The third-order valence-electron chi connectivity index (χ3n) is 1.94. The smallest absolute Gasteiger partial charge is 0.0722 e. The second-order valence-corrected chi connectivity index (χ2v) is 2.82. The molecule has 0 aliphatic carbocycles. The average Bonchev–Trinajstić information content (AvgIpc) is 2.62. The summed E-state index contributed by atoms with van der Waals surface area (Å²) in [7, 11) is 0. The molecule has 0 unspecified atom stereocenters. The van der Waals surface area contributed by atoms with Gasteiger partial charge in [-0.2, -0.15) is 5.10 Å². The predicted molar refractivity (Wildman–Crippen MR) is 61.4 cm³/mol. The van der Waals surface area contributed by atoms with Crippen LogP contribution in [0.5, 0.6) is 0 Å². The SMILES string of the molecule is Cl.NC/C=C/c1cccc2cn[nH]c12. The number of para-hydroxylation sites is 1. The molecular weight excluding hydrogens is 198 g/mol. The normalized spacial score (nSPS) is 10.6. The van der Waals surface area contributed by atoms with E-state index in [4.69, 9.17) is 5.73 Å². The van der Waals surface area contributed by atoms with Gasteiger partial charge in [-0.3, -0.25) is 5.10 Å². The molecule has 1 heterocycles. The van der Waals surface area contributed by atoms with Gasteiger partial charge < -0.3 is 5.73 Å². The molecule has 0 atom stereocenters. The molecule has 3 N–H and O–H groups in total. The van der Waals surface area contributed by atoms with Crippen LogP contribution in [0, 0.1) is 0 Å². The summed E-state index contributed by atoms with van der Waals surface area (Å²) in [5, 5.41) is 8.06. The lowest BCUT2D eigenvalue weighted by molar-refractivity contribution is 1.12. The average molecular weight is 210 g/mol. The largest absolute Gasteiger partial charge is 0.327 e. The van der Waals surface area contributed by atoms with Crippen LogP contribution >= 0.6 is 12.4 Å². The molecule has 4 heteroatoms.